The summed E-state index contributed by atoms with van der Waals surface area (Å²) in [5.41, 5.74) is 6.94. The summed E-state index contributed by atoms with van der Waals surface area (Å²) in [6.45, 7) is 7.31. The predicted molar refractivity (Wildman–Crippen MR) is 132 cm³/mol. The van der Waals surface area contributed by atoms with Crippen molar-refractivity contribution in [2.24, 2.45) is 0 Å². The first-order chi connectivity index (χ1) is 14.6. The van der Waals surface area contributed by atoms with Gasteiger partial charge in [0, 0.05) is 21.8 Å². The van der Waals surface area contributed by atoms with Crippen molar-refractivity contribution in [1.29, 1.82) is 0 Å². The summed E-state index contributed by atoms with van der Waals surface area (Å²) >= 11 is 0. The third-order valence-corrected chi connectivity index (χ3v) is 6.91. The van der Waals surface area contributed by atoms with Gasteiger partial charge in [-0.15, -0.1) is 0 Å². The molecule has 1 aliphatic heterocycles. The molecule has 0 aliphatic carbocycles. The normalized spacial score (nSPS) is 13.0. The fourth-order valence-corrected chi connectivity index (χ4v) is 5.55. The zero-order valence-corrected chi connectivity index (χ0v) is 17.7. The van der Waals surface area contributed by atoms with Crippen LogP contribution in [0.5, 0.6) is 0 Å². The minimum atomic E-state index is 0.429. The van der Waals surface area contributed by atoms with Crippen molar-refractivity contribution >= 4 is 50.2 Å². The Morgan fingerprint density at radius 3 is 2.10 bits per heavy atom. The standard InChI is InChI=1S/C28H24BN/c1-18-15-16-24-27-19(2)9-8-13-23(27)21-11-5-4-10-20(21)22-12-6-7-14-26(22)30-28(24)25(18)17-29(30)3/h4-16H,17H2,1-3H3. The van der Waals surface area contributed by atoms with E-state index in [9.17, 15) is 0 Å². The highest BCUT2D eigenvalue weighted by Gasteiger charge is 2.26. The molecule has 0 unspecified atom stereocenters. The number of aryl methyl sites for hydroxylation is 2. The summed E-state index contributed by atoms with van der Waals surface area (Å²) in [6, 6.07) is 29.2. The fourth-order valence-electron chi connectivity index (χ4n) is 5.55. The Hall–Kier alpha value is -3.26. The van der Waals surface area contributed by atoms with Crippen molar-refractivity contribution < 1.29 is 0 Å². The summed E-state index contributed by atoms with van der Waals surface area (Å²) in [5.74, 6) is 0. The molecule has 0 atom stereocenters. The van der Waals surface area contributed by atoms with Crippen LogP contribution in [0.4, 0.5) is 0 Å². The second-order valence-electron chi connectivity index (χ2n) is 8.74. The van der Waals surface area contributed by atoms with Crippen LogP contribution in [0.1, 0.15) is 16.7 Å². The molecule has 0 fully saturated rings. The maximum atomic E-state index is 2.60. The van der Waals surface area contributed by atoms with Crippen molar-refractivity contribution in [3.8, 4) is 0 Å². The van der Waals surface area contributed by atoms with Gasteiger partial charge in [-0.05, 0) is 64.5 Å². The first-order valence-corrected chi connectivity index (χ1v) is 10.9. The number of nitrogens with zero attached hydrogens (tertiary/aromatic N) is 1. The number of hydrogen-bond acceptors (Lipinski definition) is 0. The van der Waals surface area contributed by atoms with Gasteiger partial charge in [-0.25, -0.2) is 0 Å². The molecule has 1 aliphatic rings. The summed E-state index contributed by atoms with van der Waals surface area (Å²) in [7, 11) is 0. The Morgan fingerprint density at radius 1 is 0.633 bits per heavy atom. The molecular formula is C28H24BN. The Morgan fingerprint density at radius 2 is 1.30 bits per heavy atom. The van der Waals surface area contributed by atoms with E-state index in [0.29, 0.717) is 6.85 Å². The van der Waals surface area contributed by atoms with E-state index in [-0.39, 0.29) is 0 Å². The molecule has 6 rings (SSSR count). The molecule has 144 valence electrons. The van der Waals surface area contributed by atoms with Gasteiger partial charge in [0.05, 0.1) is 0 Å². The predicted octanol–water partition coefficient (Wildman–Crippen LogP) is 7.41. The number of rotatable bonds is 0. The van der Waals surface area contributed by atoms with Crippen LogP contribution >= 0.6 is 0 Å². The van der Waals surface area contributed by atoms with E-state index in [1.54, 1.807) is 0 Å². The highest BCUT2D eigenvalue weighted by atomic mass is 14.9. The molecule has 0 saturated heterocycles. The first-order valence-electron chi connectivity index (χ1n) is 10.9. The SMILES string of the molecule is CB1Cc2c(C)ccc3c4c(C)cccc4c4ccccc4c4ccccc4n1c23. The number of fused-ring (bicyclic) bond motifs is 7. The third kappa shape index (κ3) is 2.31. The molecule has 0 bridgehead atoms. The Bertz CT molecular complexity index is 1560. The summed E-state index contributed by atoms with van der Waals surface area (Å²) in [4.78, 5) is 0. The molecule has 0 radical (unpaired) electrons. The van der Waals surface area contributed by atoms with E-state index in [1.807, 2.05) is 0 Å². The molecule has 1 aromatic heterocycles. The quantitative estimate of drug-likeness (QED) is 0.245. The topological polar surface area (TPSA) is 4.93 Å². The van der Waals surface area contributed by atoms with Crippen molar-refractivity contribution in [2.45, 2.75) is 27.0 Å². The van der Waals surface area contributed by atoms with Crippen LogP contribution in [0.15, 0.2) is 78.9 Å². The van der Waals surface area contributed by atoms with Gasteiger partial charge in [-0.2, -0.15) is 0 Å². The minimum absolute atomic E-state index is 0.429. The summed E-state index contributed by atoms with van der Waals surface area (Å²) in [6.07, 6.45) is 1.09. The smallest absolute Gasteiger partial charge is 0.261 e. The fraction of sp³-hybridized carbons (Fsp3) is 0.143. The monoisotopic (exact) mass is 385 g/mol. The van der Waals surface area contributed by atoms with Crippen LogP contribution in [-0.4, -0.2) is 11.3 Å². The van der Waals surface area contributed by atoms with Crippen LogP contribution in [-0.2, 0) is 6.32 Å². The summed E-state index contributed by atoms with van der Waals surface area (Å²) < 4.78 is 2.60. The maximum absolute atomic E-state index is 2.60. The highest BCUT2D eigenvalue weighted by Crippen LogP contribution is 2.38. The van der Waals surface area contributed by atoms with Gasteiger partial charge in [0.2, 0.25) is 0 Å². The zero-order chi connectivity index (χ0) is 20.4. The molecule has 5 aromatic rings. The third-order valence-electron chi connectivity index (χ3n) is 6.91. The van der Waals surface area contributed by atoms with Crippen LogP contribution in [0, 0.1) is 13.8 Å². The van der Waals surface area contributed by atoms with Crippen LogP contribution in [0.25, 0.3) is 43.4 Å². The molecule has 2 heteroatoms. The van der Waals surface area contributed by atoms with Crippen molar-refractivity contribution in [3.05, 3.63) is 95.6 Å². The lowest BCUT2D eigenvalue weighted by molar-refractivity contribution is 1.31. The Kier molecular flexibility index (Phi) is 3.74. The molecule has 1 nitrogen and oxygen atoms in total. The van der Waals surface area contributed by atoms with Crippen molar-refractivity contribution in [1.82, 2.24) is 4.48 Å². The van der Waals surface area contributed by atoms with Crippen molar-refractivity contribution in [3.63, 3.8) is 0 Å². The number of aromatic nitrogens is 1. The molecular weight excluding hydrogens is 361 g/mol. The lowest BCUT2D eigenvalue weighted by Crippen LogP contribution is -2.17. The highest BCUT2D eigenvalue weighted by molar-refractivity contribution is 6.59. The first kappa shape index (κ1) is 17.6. The molecule has 0 saturated carbocycles. The van der Waals surface area contributed by atoms with Gasteiger partial charge in [-0.3, -0.25) is 0 Å². The van der Waals surface area contributed by atoms with Crippen LogP contribution < -0.4 is 0 Å². The molecule has 2 heterocycles. The van der Waals surface area contributed by atoms with Crippen molar-refractivity contribution in [2.75, 3.05) is 0 Å². The van der Waals surface area contributed by atoms with Gasteiger partial charge >= 0.3 is 0 Å². The molecule has 30 heavy (non-hydrogen) atoms. The largest absolute Gasteiger partial charge is 0.385 e. The Balaban J connectivity index is 2.14. The van der Waals surface area contributed by atoms with Crippen LogP contribution in [0.3, 0.4) is 0 Å². The average Bonchev–Trinajstić information content (AvgIpc) is 3.13. The average molecular weight is 385 g/mol. The zero-order valence-electron chi connectivity index (χ0n) is 17.7. The summed E-state index contributed by atoms with van der Waals surface area (Å²) in [5, 5.41) is 7.99. The molecule has 0 amide bonds. The lowest BCUT2D eigenvalue weighted by Gasteiger charge is -2.11. The second kappa shape index (κ2) is 6.37. The second-order valence-corrected chi connectivity index (χ2v) is 8.74. The van der Waals surface area contributed by atoms with E-state index < -0.39 is 0 Å². The van der Waals surface area contributed by atoms with Gasteiger partial charge < -0.3 is 4.48 Å². The van der Waals surface area contributed by atoms with E-state index >= 15 is 0 Å². The molecule has 4 aromatic carbocycles. The minimum Gasteiger partial charge on any atom is -0.385 e. The Labute approximate surface area is 177 Å². The number of para-hydroxylation sites is 1. The van der Waals surface area contributed by atoms with Gasteiger partial charge in [0.15, 0.2) is 0 Å². The van der Waals surface area contributed by atoms with E-state index in [4.69, 9.17) is 0 Å². The lowest BCUT2D eigenvalue weighted by atomic mass is 9.62. The van der Waals surface area contributed by atoms with E-state index in [2.05, 4.69) is 104 Å². The van der Waals surface area contributed by atoms with Gasteiger partial charge in [0.1, 0.15) is 0 Å². The number of hydrogen-bond donors (Lipinski definition) is 0. The number of benzene rings is 4. The van der Waals surface area contributed by atoms with Gasteiger partial charge in [-0.1, -0.05) is 79.6 Å². The van der Waals surface area contributed by atoms with E-state index in [0.717, 1.165) is 6.32 Å². The van der Waals surface area contributed by atoms with Gasteiger partial charge in [0.25, 0.3) is 6.85 Å². The molecule has 0 spiro atoms. The van der Waals surface area contributed by atoms with E-state index in [1.165, 1.54) is 60.0 Å². The molecule has 0 N–H and O–H groups in total. The van der Waals surface area contributed by atoms with Crippen LogP contribution in [0.2, 0.25) is 6.82 Å². The maximum Gasteiger partial charge on any atom is 0.261 e.